The summed E-state index contributed by atoms with van der Waals surface area (Å²) in [5.74, 6) is 0.721. The van der Waals surface area contributed by atoms with Gasteiger partial charge in [0.05, 0.1) is 64.4 Å². The summed E-state index contributed by atoms with van der Waals surface area (Å²) < 4.78 is 44.9. The molecule has 1 heterocycles. The Bertz CT molecular complexity index is 1870. The van der Waals surface area contributed by atoms with Crippen LogP contribution in [0.5, 0.6) is 5.75 Å². The standard InChI is InChI=1S/C41H46N6O9/c1-50-31-19-17-30(18-20-31)22-51-26-34-38(52-23-27-11-5-2-6-12-27)39(53-24-28-13-7-3-8-14-28)40(54-25-29-15-9-4-10-16-29)41(55-34)56-37-33(45-47-43)21-32(44-46-42)35(48)36(37)49/h2-20,32-41,48-49H,21-26H2,1H3/t32-,33+,34-,35+,36-,37-,38-,39+,40-,41-/m1/s1. The number of aliphatic hydroxyl groups excluding tert-OH is 2. The number of methoxy groups -OCH3 is 1. The molecule has 0 amide bonds. The summed E-state index contributed by atoms with van der Waals surface area (Å²) in [6, 6.07) is 34.4. The zero-order chi connectivity index (χ0) is 39.1. The summed E-state index contributed by atoms with van der Waals surface area (Å²) in [6.45, 7) is 0.833. The molecule has 15 heteroatoms. The average Bonchev–Trinajstić information content (AvgIpc) is 3.24. The molecule has 0 radical (unpaired) electrons. The fourth-order valence-corrected chi connectivity index (χ4v) is 6.86. The van der Waals surface area contributed by atoms with Crippen molar-refractivity contribution in [3.8, 4) is 5.75 Å². The summed E-state index contributed by atoms with van der Waals surface area (Å²) in [5.41, 5.74) is 22.2. The summed E-state index contributed by atoms with van der Waals surface area (Å²) in [6.07, 6.45) is -9.14. The van der Waals surface area contributed by atoms with Crippen LogP contribution in [0.2, 0.25) is 0 Å². The number of azide groups is 2. The lowest BCUT2D eigenvalue weighted by Crippen LogP contribution is -2.64. The molecule has 4 aromatic carbocycles. The normalized spacial score (nSPS) is 27.4. The van der Waals surface area contributed by atoms with Gasteiger partial charge in [-0.25, -0.2) is 0 Å². The highest BCUT2D eigenvalue weighted by molar-refractivity contribution is 5.26. The zero-order valence-corrected chi connectivity index (χ0v) is 30.9. The van der Waals surface area contributed by atoms with E-state index in [9.17, 15) is 15.7 Å². The number of rotatable bonds is 18. The molecule has 1 aliphatic heterocycles. The monoisotopic (exact) mass is 766 g/mol. The summed E-state index contributed by atoms with van der Waals surface area (Å²) >= 11 is 0. The van der Waals surface area contributed by atoms with Crippen LogP contribution in [-0.4, -0.2) is 85.0 Å². The van der Waals surface area contributed by atoms with Crippen molar-refractivity contribution in [3.05, 3.63) is 158 Å². The fourth-order valence-electron chi connectivity index (χ4n) is 6.86. The molecule has 1 saturated heterocycles. The van der Waals surface area contributed by atoms with E-state index < -0.39 is 61.1 Å². The predicted molar refractivity (Wildman–Crippen MR) is 204 cm³/mol. The van der Waals surface area contributed by atoms with Crippen LogP contribution >= 0.6 is 0 Å². The van der Waals surface area contributed by atoms with Gasteiger partial charge >= 0.3 is 0 Å². The molecule has 1 aliphatic carbocycles. The van der Waals surface area contributed by atoms with Crippen LogP contribution in [0.15, 0.2) is 125 Å². The van der Waals surface area contributed by atoms with Gasteiger partial charge in [0.1, 0.15) is 36.3 Å². The molecule has 2 aliphatic rings. The first-order chi connectivity index (χ1) is 27.5. The third-order valence-corrected chi connectivity index (χ3v) is 9.79. The van der Waals surface area contributed by atoms with Crippen LogP contribution < -0.4 is 4.74 Å². The second-order valence-corrected chi connectivity index (χ2v) is 13.6. The van der Waals surface area contributed by atoms with E-state index in [1.807, 2.05) is 115 Å². The minimum Gasteiger partial charge on any atom is -0.497 e. The lowest BCUT2D eigenvalue weighted by atomic mass is 9.84. The zero-order valence-electron chi connectivity index (χ0n) is 30.9. The molecule has 2 fully saturated rings. The van der Waals surface area contributed by atoms with Crippen molar-refractivity contribution in [2.24, 2.45) is 10.2 Å². The van der Waals surface area contributed by atoms with Gasteiger partial charge in [0.25, 0.3) is 0 Å². The third kappa shape index (κ3) is 10.8. The van der Waals surface area contributed by atoms with Crippen molar-refractivity contribution < 1.29 is 43.4 Å². The van der Waals surface area contributed by atoms with Crippen LogP contribution in [-0.2, 0) is 54.8 Å². The first kappa shape index (κ1) is 40.6. The van der Waals surface area contributed by atoms with Crippen molar-refractivity contribution in [2.75, 3.05) is 13.7 Å². The molecule has 15 nitrogen and oxygen atoms in total. The Balaban J connectivity index is 1.36. The highest BCUT2D eigenvalue weighted by atomic mass is 16.7. The Morgan fingerprint density at radius 3 is 1.64 bits per heavy atom. The quantitative estimate of drug-likeness (QED) is 0.0639. The van der Waals surface area contributed by atoms with Crippen LogP contribution in [0.4, 0.5) is 0 Å². The van der Waals surface area contributed by atoms with Crippen LogP contribution in [0.1, 0.15) is 28.7 Å². The predicted octanol–water partition coefficient (Wildman–Crippen LogP) is 6.56. The van der Waals surface area contributed by atoms with E-state index in [0.29, 0.717) is 0 Å². The highest BCUT2D eigenvalue weighted by Crippen LogP contribution is 2.35. The summed E-state index contributed by atoms with van der Waals surface area (Å²) in [7, 11) is 1.60. The molecular weight excluding hydrogens is 720 g/mol. The number of nitrogens with zero attached hydrogens (tertiary/aromatic N) is 6. The molecule has 0 spiro atoms. The Kier molecular flexibility index (Phi) is 15.1. The van der Waals surface area contributed by atoms with Crippen molar-refractivity contribution in [3.63, 3.8) is 0 Å². The van der Waals surface area contributed by atoms with Gasteiger partial charge in [-0.2, -0.15) is 0 Å². The maximum atomic E-state index is 11.4. The van der Waals surface area contributed by atoms with Gasteiger partial charge in [-0.05, 0) is 51.9 Å². The fraction of sp³-hybridized carbons (Fsp3) is 0.415. The molecule has 294 valence electrons. The maximum Gasteiger partial charge on any atom is 0.187 e. The van der Waals surface area contributed by atoms with E-state index in [2.05, 4.69) is 20.1 Å². The molecule has 2 N–H and O–H groups in total. The molecule has 56 heavy (non-hydrogen) atoms. The minimum atomic E-state index is -1.62. The molecule has 0 aromatic heterocycles. The molecule has 6 rings (SSSR count). The van der Waals surface area contributed by atoms with Crippen LogP contribution in [0, 0.1) is 0 Å². The molecule has 4 aromatic rings. The van der Waals surface area contributed by atoms with Crippen molar-refractivity contribution in [2.45, 2.75) is 93.9 Å². The van der Waals surface area contributed by atoms with E-state index in [4.69, 9.17) is 38.7 Å². The largest absolute Gasteiger partial charge is 0.497 e. The van der Waals surface area contributed by atoms with Crippen molar-refractivity contribution >= 4 is 0 Å². The molecule has 10 atom stereocenters. The summed E-state index contributed by atoms with van der Waals surface area (Å²) in [4.78, 5) is 5.76. The highest BCUT2D eigenvalue weighted by Gasteiger charge is 2.52. The topological polar surface area (TPSA) is 203 Å². The average molecular weight is 767 g/mol. The van der Waals surface area contributed by atoms with E-state index in [-0.39, 0.29) is 39.5 Å². The second kappa shape index (κ2) is 20.8. The Morgan fingerprint density at radius 2 is 1.11 bits per heavy atom. The number of ether oxygens (including phenoxy) is 7. The van der Waals surface area contributed by atoms with Crippen molar-refractivity contribution in [1.29, 1.82) is 0 Å². The van der Waals surface area contributed by atoms with Gasteiger partial charge in [-0.3, -0.25) is 0 Å². The van der Waals surface area contributed by atoms with E-state index >= 15 is 0 Å². The molecule has 0 bridgehead atoms. The van der Waals surface area contributed by atoms with Gasteiger partial charge in [0.2, 0.25) is 0 Å². The number of aliphatic hydroxyl groups is 2. The maximum absolute atomic E-state index is 11.4. The SMILES string of the molecule is COc1ccc(COC[C@H]2O[C@H](O[C@H]3[C@H](O)[C@@H](O)[C@H](N=[N+]=[N-])C[C@@H]3N=[N+]=[N-])[C@H](OCc3ccccc3)[C@@H](OCc3ccccc3)[C@@H]2OCc2ccccc2)cc1. The van der Waals surface area contributed by atoms with Crippen LogP contribution in [0.3, 0.4) is 0 Å². The van der Waals surface area contributed by atoms with E-state index in [0.717, 1.165) is 28.0 Å². The van der Waals surface area contributed by atoms with Gasteiger partial charge in [0.15, 0.2) is 6.29 Å². The molecule has 0 unspecified atom stereocenters. The second-order valence-electron chi connectivity index (χ2n) is 13.6. The Hall–Kier alpha value is -5.02. The first-order valence-electron chi connectivity index (χ1n) is 18.4. The van der Waals surface area contributed by atoms with Gasteiger partial charge < -0.3 is 43.4 Å². The van der Waals surface area contributed by atoms with Gasteiger partial charge in [-0.15, -0.1) is 0 Å². The van der Waals surface area contributed by atoms with E-state index in [1.54, 1.807) is 7.11 Å². The minimum absolute atomic E-state index is 0.0382. The Morgan fingerprint density at radius 1 is 0.607 bits per heavy atom. The molecule has 1 saturated carbocycles. The first-order valence-corrected chi connectivity index (χ1v) is 18.4. The third-order valence-electron chi connectivity index (χ3n) is 9.79. The van der Waals surface area contributed by atoms with Crippen LogP contribution in [0.25, 0.3) is 20.9 Å². The summed E-state index contributed by atoms with van der Waals surface area (Å²) in [5, 5.41) is 29.9. The lowest BCUT2D eigenvalue weighted by molar-refractivity contribution is -0.345. The number of hydrogen-bond acceptors (Lipinski definition) is 11. The van der Waals surface area contributed by atoms with Gasteiger partial charge in [-0.1, -0.05) is 113 Å². The van der Waals surface area contributed by atoms with Crippen molar-refractivity contribution in [1.82, 2.24) is 0 Å². The molecular formula is C41H46N6O9. The number of benzene rings is 4. The van der Waals surface area contributed by atoms with Gasteiger partial charge in [0, 0.05) is 9.82 Å². The lowest BCUT2D eigenvalue weighted by Gasteiger charge is -2.48. The number of hydrogen-bond donors (Lipinski definition) is 2. The Labute approximate surface area is 324 Å². The smallest absolute Gasteiger partial charge is 0.187 e. The van der Waals surface area contributed by atoms with E-state index in [1.165, 1.54) is 0 Å².